The van der Waals surface area contributed by atoms with E-state index in [-0.39, 0.29) is 12.1 Å². The van der Waals surface area contributed by atoms with Crippen LogP contribution in [0.3, 0.4) is 0 Å². The van der Waals surface area contributed by atoms with Crippen LogP contribution >= 0.6 is 0 Å². The molecule has 4 heteroatoms. The predicted octanol–water partition coefficient (Wildman–Crippen LogP) is 2.92. The van der Waals surface area contributed by atoms with Crippen molar-refractivity contribution in [3.05, 3.63) is 48.0 Å². The van der Waals surface area contributed by atoms with Gasteiger partial charge in [0.1, 0.15) is 11.6 Å². The van der Waals surface area contributed by atoms with E-state index in [0.29, 0.717) is 5.75 Å². The lowest BCUT2D eigenvalue weighted by Gasteiger charge is -2.21. The Labute approximate surface area is 107 Å². The molecule has 0 radical (unpaired) electrons. The monoisotopic (exact) mass is 245 g/mol. The van der Waals surface area contributed by atoms with Crippen molar-refractivity contribution in [1.29, 1.82) is 0 Å². The Morgan fingerprint density at radius 3 is 2.61 bits per heavy atom. The number of nitrogens with zero attached hydrogens (tertiary/aromatic N) is 1. The molecular formula is C14H19N3O. The van der Waals surface area contributed by atoms with E-state index >= 15 is 0 Å². The molecule has 96 valence electrons. The van der Waals surface area contributed by atoms with Crippen LogP contribution in [0.1, 0.15) is 43.7 Å². The molecule has 2 rings (SSSR count). The molecule has 2 aromatic rings. The first-order valence-corrected chi connectivity index (χ1v) is 6.25. The minimum Gasteiger partial charge on any atom is -0.508 e. The second kappa shape index (κ2) is 5.69. The molecule has 3 N–H and O–H groups in total. The molecular weight excluding hydrogens is 226 g/mol. The van der Waals surface area contributed by atoms with E-state index in [4.69, 9.17) is 0 Å². The van der Waals surface area contributed by atoms with Crippen molar-refractivity contribution >= 4 is 0 Å². The summed E-state index contributed by atoms with van der Waals surface area (Å²) >= 11 is 0. The highest BCUT2D eigenvalue weighted by atomic mass is 16.3. The van der Waals surface area contributed by atoms with Crippen molar-refractivity contribution in [1.82, 2.24) is 15.3 Å². The lowest BCUT2D eigenvalue weighted by molar-refractivity contribution is 0.440. The minimum absolute atomic E-state index is 0.209. The maximum Gasteiger partial charge on any atom is 0.123 e. The zero-order valence-electron chi connectivity index (χ0n) is 10.7. The normalized spacial score (nSPS) is 14.3. The van der Waals surface area contributed by atoms with Gasteiger partial charge < -0.3 is 15.4 Å². The lowest BCUT2D eigenvalue weighted by Crippen LogP contribution is -2.25. The summed E-state index contributed by atoms with van der Waals surface area (Å²) < 4.78 is 0. The van der Waals surface area contributed by atoms with Gasteiger partial charge in [-0.05, 0) is 31.0 Å². The number of aromatic nitrogens is 2. The van der Waals surface area contributed by atoms with E-state index in [1.165, 1.54) is 0 Å². The van der Waals surface area contributed by atoms with Crippen molar-refractivity contribution in [2.45, 2.75) is 32.4 Å². The first kappa shape index (κ1) is 12.6. The number of phenolic OH excluding ortho intramolecular Hbond substituents is 1. The Morgan fingerprint density at radius 2 is 2.06 bits per heavy atom. The highest BCUT2D eigenvalue weighted by Crippen LogP contribution is 2.21. The van der Waals surface area contributed by atoms with Gasteiger partial charge in [-0.2, -0.15) is 0 Å². The van der Waals surface area contributed by atoms with Crippen LogP contribution in [-0.4, -0.2) is 15.1 Å². The fourth-order valence-electron chi connectivity index (χ4n) is 2.02. The summed E-state index contributed by atoms with van der Waals surface area (Å²) in [5.41, 5.74) is 1.15. The Balaban J connectivity index is 2.05. The molecule has 2 unspecified atom stereocenters. The molecule has 4 nitrogen and oxygen atoms in total. The predicted molar refractivity (Wildman–Crippen MR) is 71.3 cm³/mol. The number of aromatic hydroxyl groups is 1. The van der Waals surface area contributed by atoms with Gasteiger partial charge in [0.2, 0.25) is 0 Å². The maximum atomic E-state index is 9.28. The minimum atomic E-state index is 0.209. The van der Waals surface area contributed by atoms with Crippen LogP contribution in [0.15, 0.2) is 36.7 Å². The topological polar surface area (TPSA) is 60.9 Å². The third kappa shape index (κ3) is 2.90. The first-order valence-electron chi connectivity index (χ1n) is 6.25. The molecule has 0 saturated heterocycles. The van der Waals surface area contributed by atoms with E-state index in [2.05, 4.69) is 29.1 Å². The van der Waals surface area contributed by atoms with E-state index in [9.17, 15) is 5.11 Å². The van der Waals surface area contributed by atoms with Gasteiger partial charge in [0, 0.05) is 18.4 Å². The number of phenols is 1. The molecule has 2 atom stereocenters. The number of imidazole rings is 1. The Bertz CT molecular complexity index is 464. The maximum absolute atomic E-state index is 9.28. The smallest absolute Gasteiger partial charge is 0.123 e. The number of hydrogen-bond acceptors (Lipinski definition) is 3. The zero-order valence-corrected chi connectivity index (χ0v) is 10.7. The van der Waals surface area contributed by atoms with E-state index in [1.807, 2.05) is 18.3 Å². The summed E-state index contributed by atoms with van der Waals surface area (Å²) in [6.45, 7) is 4.24. The molecule has 1 aromatic heterocycles. The van der Waals surface area contributed by atoms with Crippen LogP contribution in [-0.2, 0) is 0 Å². The fourth-order valence-corrected chi connectivity index (χ4v) is 2.02. The largest absolute Gasteiger partial charge is 0.508 e. The second-order valence-electron chi connectivity index (χ2n) is 4.42. The number of benzene rings is 1. The van der Waals surface area contributed by atoms with Crippen LogP contribution in [0.2, 0.25) is 0 Å². The van der Waals surface area contributed by atoms with Gasteiger partial charge in [-0.1, -0.05) is 19.1 Å². The van der Waals surface area contributed by atoms with Gasteiger partial charge in [-0.25, -0.2) is 4.98 Å². The molecule has 0 saturated carbocycles. The SMILES string of the molecule is CCC(NC(C)c1ccc(O)cc1)c1ncc[nH]1. The Morgan fingerprint density at radius 1 is 1.33 bits per heavy atom. The molecule has 0 amide bonds. The average Bonchev–Trinajstić information content (AvgIpc) is 2.90. The van der Waals surface area contributed by atoms with Crippen molar-refractivity contribution in [2.24, 2.45) is 0 Å². The summed E-state index contributed by atoms with van der Waals surface area (Å²) in [5, 5.41) is 12.8. The summed E-state index contributed by atoms with van der Waals surface area (Å²) in [7, 11) is 0. The Kier molecular flexibility index (Phi) is 3.99. The quantitative estimate of drug-likeness (QED) is 0.759. The summed E-state index contributed by atoms with van der Waals surface area (Å²) in [5.74, 6) is 1.26. The third-order valence-electron chi connectivity index (χ3n) is 3.10. The van der Waals surface area contributed by atoms with Crippen molar-refractivity contribution in [3.8, 4) is 5.75 Å². The van der Waals surface area contributed by atoms with Crippen LogP contribution in [0, 0.1) is 0 Å². The number of H-pyrrole nitrogens is 1. The lowest BCUT2D eigenvalue weighted by atomic mass is 10.1. The molecule has 1 aromatic carbocycles. The van der Waals surface area contributed by atoms with Gasteiger partial charge >= 0.3 is 0 Å². The number of aromatic amines is 1. The van der Waals surface area contributed by atoms with Crippen LogP contribution in [0.25, 0.3) is 0 Å². The molecule has 0 fully saturated rings. The van der Waals surface area contributed by atoms with Crippen molar-refractivity contribution < 1.29 is 5.11 Å². The standard InChI is InChI=1S/C14H19N3O/c1-3-13(14-15-8-9-16-14)17-10(2)11-4-6-12(18)7-5-11/h4-10,13,17-18H,3H2,1-2H3,(H,15,16). The van der Waals surface area contributed by atoms with Gasteiger partial charge in [-0.3, -0.25) is 0 Å². The Hall–Kier alpha value is -1.81. The summed E-state index contributed by atoms with van der Waals surface area (Å²) in [4.78, 5) is 7.43. The summed E-state index contributed by atoms with van der Waals surface area (Å²) in [6, 6.07) is 7.70. The zero-order chi connectivity index (χ0) is 13.0. The number of rotatable bonds is 5. The molecule has 0 aliphatic carbocycles. The third-order valence-corrected chi connectivity index (χ3v) is 3.10. The average molecular weight is 245 g/mol. The van der Waals surface area contributed by atoms with E-state index in [1.54, 1.807) is 18.3 Å². The summed E-state index contributed by atoms with van der Waals surface area (Å²) in [6.07, 6.45) is 4.58. The fraction of sp³-hybridized carbons (Fsp3) is 0.357. The number of nitrogens with one attached hydrogen (secondary N) is 2. The number of hydrogen-bond donors (Lipinski definition) is 3. The van der Waals surface area contributed by atoms with E-state index < -0.39 is 0 Å². The van der Waals surface area contributed by atoms with Crippen LogP contribution < -0.4 is 5.32 Å². The molecule has 18 heavy (non-hydrogen) atoms. The van der Waals surface area contributed by atoms with E-state index in [0.717, 1.165) is 17.8 Å². The van der Waals surface area contributed by atoms with Crippen molar-refractivity contribution in [2.75, 3.05) is 0 Å². The highest BCUT2D eigenvalue weighted by molar-refractivity contribution is 5.27. The molecule has 1 heterocycles. The second-order valence-corrected chi connectivity index (χ2v) is 4.42. The van der Waals surface area contributed by atoms with Crippen molar-refractivity contribution in [3.63, 3.8) is 0 Å². The van der Waals surface area contributed by atoms with Crippen LogP contribution in [0.4, 0.5) is 0 Å². The highest BCUT2D eigenvalue weighted by Gasteiger charge is 2.15. The van der Waals surface area contributed by atoms with Gasteiger partial charge in [-0.15, -0.1) is 0 Å². The van der Waals surface area contributed by atoms with Gasteiger partial charge in [0.15, 0.2) is 0 Å². The van der Waals surface area contributed by atoms with Crippen LogP contribution in [0.5, 0.6) is 5.75 Å². The van der Waals surface area contributed by atoms with Gasteiger partial charge in [0.05, 0.1) is 6.04 Å². The molecule has 0 spiro atoms. The first-order chi connectivity index (χ1) is 8.70. The molecule has 0 bridgehead atoms. The van der Waals surface area contributed by atoms with Gasteiger partial charge in [0.25, 0.3) is 0 Å². The molecule has 0 aliphatic heterocycles. The molecule has 0 aliphatic rings.